The number of carbonyl (C=O) groups is 1. The van der Waals surface area contributed by atoms with E-state index in [-0.39, 0.29) is 18.6 Å². The molecule has 22 heavy (non-hydrogen) atoms. The maximum atomic E-state index is 12.6. The molecule has 3 aromatic rings. The molecule has 1 heterocycles. The average Bonchev–Trinajstić information content (AvgIpc) is 2.90. The lowest BCUT2D eigenvalue weighted by molar-refractivity contribution is 0.0652. The predicted molar refractivity (Wildman–Crippen MR) is 87.1 cm³/mol. The van der Waals surface area contributed by atoms with Gasteiger partial charge in [0.1, 0.15) is 5.58 Å². The van der Waals surface area contributed by atoms with Crippen LogP contribution >= 0.6 is 0 Å². The van der Waals surface area contributed by atoms with Gasteiger partial charge < -0.3 is 14.4 Å². The van der Waals surface area contributed by atoms with Crippen molar-refractivity contribution < 1.29 is 14.3 Å². The van der Waals surface area contributed by atoms with Crippen molar-refractivity contribution in [3.8, 4) is 0 Å². The van der Waals surface area contributed by atoms with Crippen molar-refractivity contribution in [3.05, 3.63) is 47.7 Å². The first-order valence-electron chi connectivity index (χ1n) is 7.33. The molecule has 0 radical (unpaired) electrons. The monoisotopic (exact) mass is 297 g/mol. The van der Waals surface area contributed by atoms with Gasteiger partial charge in [0.05, 0.1) is 12.6 Å². The summed E-state index contributed by atoms with van der Waals surface area (Å²) in [6.07, 6.45) is 0. The van der Waals surface area contributed by atoms with Crippen LogP contribution in [0.5, 0.6) is 0 Å². The molecule has 1 aromatic heterocycles. The largest absolute Gasteiger partial charge is 0.450 e. The zero-order valence-corrected chi connectivity index (χ0v) is 13.0. The van der Waals surface area contributed by atoms with E-state index in [0.717, 1.165) is 27.3 Å². The molecule has 4 heteroatoms. The molecule has 1 atom stereocenters. The second kappa shape index (κ2) is 5.46. The maximum Gasteiger partial charge on any atom is 0.289 e. The summed E-state index contributed by atoms with van der Waals surface area (Å²) in [5, 5.41) is 12.3. The van der Waals surface area contributed by atoms with Crippen LogP contribution in [0.2, 0.25) is 0 Å². The number of hydrogen-bond acceptors (Lipinski definition) is 3. The van der Waals surface area contributed by atoms with Gasteiger partial charge in [0.15, 0.2) is 5.76 Å². The molecule has 0 saturated heterocycles. The highest BCUT2D eigenvalue weighted by Crippen LogP contribution is 2.32. The minimum Gasteiger partial charge on any atom is -0.450 e. The molecule has 0 aliphatic carbocycles. The van der Waals surface area contributed by atoms with Gasteiger partial charge in [-0.3, -0.25) is 4.79 Å². The number of likely N-dealkylation sites (N-methyl/N-ethyl adjacent to an activating group) is 1. The predicted octanol–water partition coefficient (Wildman–Crippen LogP) is 3.35. The van der Waals surface area contributed by atoms with Crippen molar-refractivity contribution >= 4 is 27.6 Å². The van der Waals surface area contributed by atoms with Crippen molar-refractivity contribution in [1.82, 2.24) is 4.90 Å². The Hall–Kier alpha value is -2.33. The first-order chi connectivity index (χ1) is 10.5. The molecule has 0 aliphatic rings. The first kappa shape index (κ1) is 14.6. The molecule has 2 aromatic carbocycles. The molecule has 1 N–H and O–H groups in total. The van der Waals surface area contributed by atoms with E-state index < -0.39 is 0 Å². The van der Waals surface area contributed by atoms with E-state index in [9.17, 15) is 9.90 Å². The molecule has 1 unspecified atom stereocenters. The molecule has 0 saturated carbocycles. The maximum absolute atomic E-state index is 12.6. The average molecular weight is 297 g/mol. The molecule has 0 fully saturated rings. The minimum atomic E-state index is -0.253. The van der Waals surface area contributed by atoms with Gasteiger partial charge in [0.2, 0.25) is 0 Å². The van der Waals surface area contributed by atoms with Gasteiger partial charge in [0.25, 0.3) is 5.91 Å². The minimum absolute atomic E-state index is 0.0789. The topological polar surface area (TPSA) is 53.7 Å². The standard InChI is InChI=1S/C18H19NO3/c1-11(10-20)19(3)18(21)16-12(2)14-9-8-13-6-4-5-7-15(13)17(14)22-16/h4-9,11,20H,10H2,1-3H3. The summed E-state index contributed by atoms with van der Waals surface area (Å²) >= 11 is 0. The summed E-state index contributed by atoms with van der Waals surface area (Å²) in [5.74, 6) is 0.133. The van der Waals surface area contributed by atoms with Gasteiger partial charge in [0, 0.05) is 23.4 Å². The number of amides is 1. The van der Waals surface area contributed by atoms with Crippen LogP contribution in [0.3, 0.4) is 0 Å². The summed E-state index contributed by atoms with van der Waals surface area (Å²) in [6, 6.07) is 11.7. The molecule has 4 nitrogen and oxygen atoms in total. The molecular weight excluding hydrogens is 278 g/mol. The number of fused-ring (bicyclic) bond motifs is 3. The summed E-state index contributed by atoms with van der Waals surface area (Å²) in [7, 11) is 1.67. The van der Waals surface area contributed by atoms with E-state index in [2.05, 4.69) is 0 Å². The number of carbonyl (C=O) groups excluding carboxylic acids is 1. The molecule has 0 aliphatic heterocycles. The summed E-state index contributed by atoms with van der Waals surface area (Å²) in [4.78, 5) is 14.1. The molecule has 3 rings (SSSR count). The van der Waals surface area contributed by atoms with Crippen LogP contribution in [0.25, 0.3) is 21.7 Å². The van der Waals surface area contributed by atoms with Crippen molar-refractivity contribution in [2.45, 2.75) is 19.9 Å². The zero-order valence-electron chi connectivity index (χ0n) is 13.0. The first-order valence-corrected chi connectivity index (χ1v) is 7.33. The summed E-state index contributed by atoms with van der Waals surface area (Å²) in [5.41, 5.74) is 1.58. The number of rotatable bonds is 3. The number of aliphatic hydroxyl groups excluding tert-OH is 1. The van der Waals surface area contributed by atoms with Crippen LogP contribution in [0, 0.1) is 6.92 Å². The van der Waals surface area contributed by atoms with Gasteiger partial charge in [-0.15, -0.1) is 0 Å². The second-order valence-electron chi connectivity index (χ2n) is 5.67. The van der Waals surface area contributed by atoms with Gasteiger partial charge in [-0.25, -0.2) is 0 Å². The van der Waals surface area contributed by atoms with E-state index in [1.165, 1.54) is 4.90 Å². The third-order valence-corrected chi connectivity index (χ3v) is 4.27. The van der Waals surface area contributed by atoms with Crippen LogP contribution in [0.1, 0.15) is 23.0 Å². The lowest BCUT2D eigenvalue weighted by Crippen LogP contribution is -2.37. The molecule has 1 amide bonds. The van der Waals surface area contributed by atoms with Gasteiger partial charge in [-0.05, 0) is 19.2 Å². The fraction of sp³-hybridized carbons (Fsp3) is 0.278. The van der Waals surface area contributed by atoms with Crippen LogP contribution in [0.4, 0.5) is 0 Å². The zero-order chi connectivity index (χ0) is 15.9. The molecule has 0 bridgehead atoms. The van der Waals surface area contributed by atoms with E-state index in [1.54, 1.807) is 14.0 Å². The Morgan fingerprint density at radius 1 is 1.23 bits per heavy atom. The quantitative estimate of drug-likeness (QED) is 0.806. The number of furan rings is 1. The Labute approximate surface area is 128 Å². The van der Waals surface area contributed by atoms with Crippen LogP contribution in [-0.4, -0.2) is 35.6 Å². The third kappa shape index (κ3) is 2.16. The number of aliphatic hydroxyl groups is 1. The highest BCUT2D eigenvalue weighted by atomic mass is 16.3. The SMILES string of the molecule is Cc1c(C(=O)N(C)C(C)CO)oc2c1ccc1ccccc12. The Balaban J connectivity index is 2.17. The van der Waals surface area contributed by atoms with Gasteiger partial charge in [-0.2, -0.15) is 0 Å². The Morgan fingerprint density at radius 2 is 1.95 bits per heavy atom. The van der Waals surface area contributed by atoms with Gasteiger partial charge >= 0.3 is 0 Å². The number of hydrogen-bond donors (Lipinski definition) is 1. The molecule has 114 valence electrons. The van der Waals surface area contributed by atoms with E-state index >= 15 is 0 Å². The Morgan fingerprint density at radius 3 is 2.68 bits per heavy atom. The number of benzene rings is 2. The smallest absolute Gasteiger partial charge is 0.289 e. The third-order valence-electron chi connectivity index (χ3n) is 4.27. The van der Waals surface area contributed by atoms with Crippen molar-refractivity contribution in [1.29, 1.82) is 0 Å². The van der Waals surface area contributed by atoms with Crippen molar-refractivity contribution in [2.24, 2.45) is 0 Å². The van der Waals surface area contributed by atoms with Crippen LogP contribution in [0.15, 0.2) is 40.8 Å². The Kier molecular flexibility index (Phi) is 3.62. The number of nitrogens with zero attached hydrogens (tertiary/aromatic N) is 1. The van der Waals surface area contributed by atoms with E-state index in [4.69, 9.17) is 4.42 Å². The highest BCUT2D eigenvalue weighted by molar-refractivity contribution is 6.08. The van der Waals surface area contributed by atoms with E-state index in [0.29, 0.717) is 5.76 Å². The lowest BCUT2D eigenvalue weighted by Gasteiger charge is -2.22. The van der Waals surface area contributed by atoms with Crippen LogP contribution < -0.4 is 0 Å². The Bertz CT molecular complexity index is 850. The van der Waals surface area contributed by atoms with Crippen molar-refractivity contribution in [2.75, 3.05) is 13.7 Å². The number of aryl methyl sites for hydroxylation is 1. The van der Waals surface area contributed by atoms with E-state index in [1.807, 2.05) is 43.3 Å². The summed E-state index contributed by atoms with van der Waals surface area (Å²) < 4.78 is 5.92. The molecule has 0 spiro atoms. The summed E-state index contributed by atoms with van der Waals surface area (Å²) in [6.45, 7) is 3.61. The van der Waals surface area contributed by atoms with Crippen molar-refractivity contribution in [3.63, 3.8) is 0 Å². The fourth-order valence-electron chi connectivity index (χ4n) is 2.64. The lowest BCUT2D eigenvalue weighted by atomic mass is 10.1. The fourth-order valence-corrected chi connectivity index (χ4v) is 2.64. The second-order valence-corrected chi connectivity index (χ2v) is 5.67. The molecular formula is C18H19NO3. The highest BCUT2D eigenvalue weighted by Gasteiger charge is 2.24. The normalized spacial score (nSPS) is 12.7. The van der Waals surface area contributed by atoms with Gasteiger partial charge in [-0.1, -0.05) is 36.4 Å². The van der Waals surface area contributed by atoms with Crippen LogP contribution in [-0.2, 0) is 0 Å².